The van der Waals surface area contributed by atoms with Crippen LogP contribution in [0.4, 0.5) is 0 Å². The van der Waals surface area contributed by atoms with Crippen molar-refractivity contribution in [1.29, 1.82) is 0 Å². The summed E-state index contributed by atoms with van der Waals surface area (Å²) in [5, 5.41) is 2.78. The number of furan rings is 1. The Morgan fingerprint density at radius 1 is 1.50 bits per heavy atom. The fraction of sp³-hybridized carbons (Fsp3) is 0.615. The Morgan fingerprint density at radius 3 is 2.85 bits per heavy atom. The van der Waals surface area contributed by atoms with E-state index >= 15 is 0 Å². The first kappa shape index (κ1) is 15.1. The van der Waals surface area contributed by atoms with Gasteiger partial charge in [0, 0.05) is 13.1 Å². The topological polar surface area (TPSA) is 79.6 Å². The van der Waals surface area contributed by atoms with E-state index < -0.39 is 16.1 Å². The summed E-state index contributed by atoms with van der Waals surface area (Å²) in [5.41, 5.74) is 0. The molecule has 0 aromatic carbocycles. The summed E-state index contributed by atoms with van der Waals surface area (Å²) in [4.78, 5) is 12.2. The number of amides is 1. The van der Waals surface area contributed by atoms with Crippen molar-refractivity contribution in [3.05, 3.63) is 18.6 Å². The maximum absolute atomic E-state index is 12.6. The van der Waals surface area contributed by atoms with Crippen molar-refractivity contribution in [2.24, 2.45) is 5.92 Å². The monoisotopic (exact) mass is 300 g/mol. The largest absolute Gasteiger partial charge is 0.471 e. The van der Waals surface area contributed by atoms with Gasteiger partial charge < -0.3 is 9.73 Å². The van der Waals surface area contributed by atoms with E-state index in [1.165, 1.54) is 22.9 Å². The Kier molecular flexibility index (Phi) is 4.49. The SMILES string of the molecule is CC(C)CC1C(=O)NCCCN1S(=O)(=O)c1ccoc1. The highest BCUT2D eigenvalue weighted by atomic mass is 32.2. The molecule has 0 bridgehead atoms. The lowest BCUT2D eigenvalue weighted by molar-refractivity contribution is -0.124. The summed E-state index contributed by atoms with van der Waals surface area (Å²) in [5.74, 6) is 0.00849. The third-order valence-electron chi connectivity index (χ3n) is 3.30. The minimum atomic E-state index is -3.69. The third kappa shape index (κ3) is 3.04. The van der Waals surface area contributed by atoms with E-state index in [1.807, 2.05) is 13.8 Å². The maximum atomic E-state index is 12.6. The van der Waals surface area contributed by atoms with Crippen molar-refractivity contribution < 1.29 is 17.6 Å². The number of rotatable bonds is 4. The number of nitrogens with zero attached hydrogens (tertiary/aromatic N) is 1. The fourth-order valence-corrected chi connectivity index (χ4v) is 3.91. The second kappa shape index (κ2) is 5.97. The van der Waals surface area contributed by atoms with Gasteiger partial charge in [-0.2, -0.15) is 4.31 Å². The Morgan fingerprint density at radius 2 is 2.25 bits per heavy atom. The zero-order valence-corrected chi connectivity index (χ0v) is 12.5. The molecule has 6 nitrogen and oxygen atoms in total. The van der Waals surface area contributed by atoms with Gasteiger partial charge in [-0.25, -0.2) is 8.42 Å². The molecule has 0 radical (unpaired) electrons. The third-order valence-corrected chi connectivity index (χ3v) is 5.18. The second-order valence-electron chi connectivity index (χ2n) is 5.36. The van der Waals surface area contributed by atoms with Gasteiger partial charge in [-0.1, -0.05) is 13.8 Å². The molecule has 1 atom stereocenters. The first-order chi connectivity index (χ1) is 9.43. The van der Waals surface area contributed by atoms with Crippen molar-refractivity contribution in [2.75, 3.05) is 13.1 Å². The highest BCUT2D eigenvalue weighted by Crippen LogP contribution is 2.23. The van der Waals surface area contributed by atoms with Crippen LogP contribution in [0.15, 0.2) is 27.9 Å². The summed E-state index contributed by atoms with van der Waals surface area (Å²) in [7, 11) is -3.69. The molecule has 1 fully saturated rings. The van der Waals surface area contributed by atoms with E-state index in [1.54, 1.807) is 0 Å². The van der Waals surface area contributed by atoms with E-state index in [-0.39, 0.29) is 16.7 Å². The number of hydrogen-bond acceptors (Lipinski definition) is 4. The molecular formula is C13H20N2O4S. The Hall–Kier alpha value is -1.34. The molecule has 1 aliphatic rings. The van der Waals surface area contributed by atoms with Gasteiger partial charge in [0.25, 0.3) is 0 Å². The van der Waals surface area contributed by atoms with Crippen LogP contribution in [-0.2, 0) is 14.8 Å². The van der Waals surface area contributed by atoms with Crippen LogP contribution in [0.5, 0.6) is 0 Å². The predicted molar refractivity (Wildman–Crippen MR) is 73.5 cm³/mol. The molecule has 0 saturated carbocycles. The molecule has 2 heterocycles. The van der Waals surface area contributed by atoms with Crippen molar-refractivity contribution in [3.63, 3.8) is 0 Å². The zero-order chi connectivity index (χ0) is 14.8. The molecule has 112 valence electrons. The first-order valence-electron chi connectivity index (χ1n) is 6.74. The number of carbonyl (C=O) groups excluding carboxylic acids is 1. The Balaban J connectivity index is 2.36. The molecule has 1 unspecified atom stereocenters. The van der Waals surface area contributed by atoms with E-state index in [9.17, 15) is 13.2 Å². The molecule has 1 aromatic rings. The molecule has 20 heavy (non-hydrogen) atoms. The van der Waals surface area contributed by atoms with Gasteiger partial charge in [-0.3, -0.25) is 4.79 Å². The molecule has 1 N–H and O–H groups in total. The summed E-state index contributed by atoms with van der Waals surface area (Å²) in [6, 6.07) is 0.752. The van der Waals surface area contributed by atoms with E-state index in [4.69, 9.17) is 4.42 Å². The lowest BCUT2D eigenvalue weighted by atomic mass is 10.0. The molecule has 0 spiro atoms. The van der Waals surface area contributed by atoms with Crippen molar-refractivity contribution in [3.8, 4) is 0 Å². The lowest BCUT2D eigenvalue weighted by Gasteiger charge is -2.28. The highest BCUT2D eigenvalue weighted by Gasteiger charge is 2.37. The van der Waals surface area contributed by atoms with Crippen molar-refractivity contribution >= 4 is 15.9 Å². The second-order valence-corrected chi connectivity index (χ2v) is 7.26. The van der Waals surface area contributed by atoms with Crippen LogP contribution in [0.2, 0.25) is 0 Å². The van der Waals surface area contributed by atoms with E-state index in [0.717, 1.165) is 0 Å². The maximum Gasteiger partial charge on any atom is 0.246 e. The van der Waals surface area contributed by atoms with E-state index in [0.29, 0.717) is 25.9 Å². The number of nitrogens with one attached hydrogen (secondary N) is 1. The van der Waals surface area contributed by atoms with E-state index in [2.05, 4.69) is 5.32 Å². The number of sulfonamides is 1. The normalized spacial score (nSPS) is 21.8. The Labute approximate surface area is 119 Å². The molecule has 7 heteroatoms. The van der Waals surface area contributed by atoms with Gasteiger partial charge in [-0.05, 0) is 24.8 Å². The fourth-order valence-electron chi connectivity index (χ4n) is 2.34. The standard InChI is InChI=1S/C13H20N2O4S/c1-10(2)8-12-13(16)14-5-3-6-15(12)20(17,18)11-4-7-19-9-11/h4,7,9-10,12H,3,5-6,8H2,1-2H3,(H,14,16). The predicted octanol–water partition coefficient (Wildman–Crippen LogP) is 1.20. The van der Waals surface area contributed by atoms with Crippen LogP contribution in [0.3, 0.4) is 0 Å². The molecule has 1 aromatic heterocycles. The number of carbonyl (C=O) groups is 1. The molecule has 2 rings (SSSR count). The summed E-state index contributed by atoms with van der Waals surface area (Å²) in [6.45, 7) is 4.79. The minimum Gasteiger partial charge on any atom is -0.471 e. The minimum absolute atomic E-state index is 0.0981. The smallest absolute Gasteiger partial charge is 0.246 e. The lowest BCUT2D eigenvalue weighted by Crippen LogP contribution is -2.47. The summed E-state index contributed by atoms with van der Waals surface area (Å²) in [6.07, 6.45) is 3.63. The van der Waals surface area contributed by atoms with Gasteiger partial charge in [0.1, 0.15) is 17.2 Å². The van der Waals surface area contributed by atoms with Crippen molar-refractivity contribution in [1.82, 2.24) is 9.62 Å². The van der Waals surface area contributed by atoms with Gasteiger partial charge in [0.15, 0.2) is 0 Å². The molecule has 1 saturated heterocycles. The van der Waals surface area contributed by atoms with Crippen LogP contribution in [0.25, 0.3) is 0 Å². The van der Waals surface area contributed by atoms with Crippen LogP contribution in [0, 0.1) is 5.92 Å². The van der Waals surface area contributed by atoms with Crippen LogP contribution < -0.4 is 5.32 Å². The average Bonchev–Trinajstić information content (AvgIpc) is 2.84. The molecule has 0 aliphatic carbocycles. The van der Waals surface area contributed by atoms with Gasteiger partial charge in [0.05, 0.1) is 6.26 Å². The van der Waals surface area contributed by atoms with Crippen LogP contribution in [0.1, 0.15) is 26.7 Å². The van der Waals surface area contributed by atoms with Crippen LogP contribution in [-0.4, -0.2) is 37.8 Å². The highest BCUT2D eigenvalue weighted by molar-refractivity contribution is 7.89. The van der Waals surface area contributed by atoms with Crippen molar-refractivity contribution in [2.45, 2.75) is 37.6 Å². The quantitative estimate of drug-likeness (QED) is 0.906. The first-order valence-corrected chi connectivity index (χ1v) is 8.18. The summed E-state index contributed by atoms with van der Waals surface area (Å²) < 4.78 is 31.4. The van der Waals surface area contributed by atoms with Crippen LogP contribution >= 0.6 is 0 Å². The number of hydrogen-bond donors (Lipinski definition) is 1. The molecule has 1 amide bonds. The Bertz CT molecular complexity index is 551. The molecular weight excluding hydrogens is 280 g/mol. The molecule has 1 aliphatic heterocycles. The summed E-state index contributed by atoms with van der Waals surface area (Å²) >= 11 is 0. The zero-order valence-electron chi connectivity index (χ0n) is 11.7. The average molecular weight is 300 g/mol. The van der Waals surface area contributed by atoms with Gasteiger partial charge in [-0.15, -0.1) is 0 Å². The van der Waals surface area contributed by atoms with Gasteiger partial charge >= 0.3 is 0 Å². The van der Waals surface area contributed by atoms with Gasteiger partial charge in [0.2, 0.25) is 15.9 Å².